The third-order valence-electron chi connectivity index (χ3n) is 5.03. The maximum absolute atomic E-state index is 12.2. The Balaban J connectivity index is 1.54. The van der Waals surface area contributed by atoms with Gasteiger partial charge in [-0.05, 0) is 73.8 Å². The molecule has 0 bridgehead atoms. The van der Waals surface area contributed by atoms with Gasteiger partial charge in [0.05, 0.1) is 11.4 Å². The minimum atomic E-state index is -0.320. The van der Waals surface area contributed by atoms with Crippen molar-refractivity contribution in [2.24, 2.45) is 5.92 Å². The van der Waals surface area contributed by atoms with Crippen molar-refractivity contribution in [1.29, 1.82) is 0 Å². The first-order chi connectivity index (χ1) is 13.9. The quantitative estimate of drug-likeness (QED) is 0.667. The Hall–Kier alpha value is -2.31. The van der Waals surface area contributed by atoms with Gasteiger partial charge in [-0.25, -0.2) is 0 Å². The van der Waals surface area contributed by atoms with Crippen molar-refractivity contribution in [3.05, 3.63) is 53.1 Å². The molecule has 0 unspecified atom stereocenters. The van der Waals surface area contributed by atoms with Crippen molar-refractivity contribution < 1.29 is 9.53 Å². The summed E-state index contributed by atoms with van der Waals surface area (Å²) in [7, 11) is 0. The third kappa shape index (κ3) is 6.08. The molecular weight excluding hydrogens is 406 g/mol. The van der Waals surface area contributed by atoms with Crippen LogP contribution >= 0.6 is 23.8 Å². The average Bonchev–Trinajstić information content (AvgIpc) is 2.70. The molecule has 1 fully saturated rings. The van der Waals surface area contributed by atoms with Crippen LogP contribution in [0.1, 0.15) is 25.3 Å². The normalized spacial score (nSPS) is 14.4. The second-order valence-corrected chi connectivity index (χ2v) is 8.20. The average molecular weight is 432 g/mol. The summed E-state index contributed by atoms with van der Waals surface area (Å²) in [5.41, 5.74) is 2.89. The largest absolute Gasteiger partial charge is 0.484 e. The van der Waals surface area contributed by atoms with E-state index in [2.05, 4.69) is 28.5 Å². The van der Waals surface area contributed by atoms with Crippen LogP contribution in [0.4, 0.5) is 11.4 Å². The number of piperidine rings is 1. The van der Waals surface area contributed by atoms with Crippen LogP contribution in [0.5, 0.6) is 5.75 Å². The number of carbonyl (C=O) groups excluding carboxylic acids is 1. The first kappa shape index (κ1) is 21.4. The van der Waals surface area contributed by atoms with E-state index in [4.69, 9.17) is 28.6 Å². The van der Waals surface area contributed by atoms with Crippen molar-refractivity contribution in [1.82, 2.24) is 5.32 Å². The number of nitrogens with zero attached hydrogens (tertiary/aromatic N) is 1. The lowest BCUT2D eigenvalue weighted by Gasteiger charge is -2.33. The molecule has 2 aromatic carbocycles. The van der Waals surface area contributed by atoms with Gasteiger partial charge >= 0.3 is 0 Å². The monoisotopic (exact) mass is 431 g/mol. The molecule has 2 aromatic rings. The van der Waals surface area contributed by atoms with Gasteiger partial charge < -0.3 is 15.0 Å². The zero-order valence-corrected chi connectivity index (χ0v) is 18.3. The number of ether oxygens (including phenoxy) is 1. The maximum atomic E-state index is 12.2. The summed E-state index contributed by atoms with van der Waals surface area (Å²) < 4.78 is 5.52. The summed E-state index contributed by atoms with van der Waals surface area (Å²) in [6.07, 6.45) is 2.36. The molecule has 2 N–H and O–H groups in total. The van der Waals surface area contributed by atoms with Gasteiger partial charge in [0.15, 0.2) is 11.7 Å². The van der Waals surface area contributed by atoms with Crippen molar-refractivity contribution >= 4 is 46.2 Å². The molecule has 0 spiro atoms. The zero-order valence-electron chi connectivity index (χ0n) is 16.7. The SMILES string of the molecule is Cc1cc(OCC(=O)NC(=S)Nc2ccccc2N2CCC(C)CC2)ccc1Cl. The Kier molecular flexibility index (Phi) is 7.34. The molecule has 0 saturated carbocycles. The number of hydrogen-bond acceptors (Lipinski definition) is 4. The fourth-order valence-electron chi connectivity index (χ4n) is 3.28. The molecule has 0 radical (unpaired) electrons. The molecule has 1 saturated heterocycles. The summed E-state index contributed by atoms with van der Waals surface area (Å²) in [5, 5.41) is 6.74. The standard InChI is InChI=1S/C22H26ClN3O2S/c1-15-9-11-26(12-10-15)20-6-4-3-5-19(20)24-22(29)25-21(27)14-28-17-7-8-18(23)16(2)13-17/h3-8,13,15H,9-12,14H2,1-2H3,(H2,24,25,27,29). The van der Waals surface area contributed by atoms with Crippen LogP contribution in [-0.2, 0) is 4.79 Å². The van der Waals surface area contributed by atoms with Crippen LogP contribution in [0.15, 0.2) is 42.5 Å². The molecule has 7 heteroatoms. The molecule has 154 valence electrons. The number of thiocarbonyl (C=S) groups is 1. The van der Waals surface area contributed by atoms with Crippen molar-refractivity contribution in [3.8, 4) is 5.75 Å². The lowest BCUT2D eigenvalue weighted by Crippen LogP contribution is -2.38. The highest BCUT2D eigenvalue weighted by atomic mass is 35.5. The van der Waals surface area contributed by atoms with E-state index in [0.717, 1.165) is 35.9 Å². The van der Waals surface area contributed by atoms with Gasteiger partial charge in [-0.2, -0.15) is 0 Å². The second-order valence-electron chi connectivity index (χ2n) is 7.39. The Labute approximate surface area is 182 Å². The first-order valence-corrected chi connectivity index (χ1v) is 10.5. The lowest BCUT2D eigenvalue weighted by atomic mass is 9.98. The predicted octanol–water partition coefficient (Wildman–Crippen LogP) is 4.78. The molecule has 3 rings (SSSR count). The topological polar surface area (TPSA) is 53.6 Å². The van der Waals surface area contributed by atoms with Crippen LogP contribution in [0.3, 0.4) is 0 Å². The number of benzene rings is 2. The zero-order chi connectivity index (χ0) is 20.8. The molecule has 5 nitrogen and oxygen atoms in total. The highest BCUT2D eigenvalue weighted by Gasteiger charge is 2.18. The number of aryl methyl sites for hydroxylation is 1. The number of amides is 1. The van der Waals surface area contributed by atoms with E-state index in [0.29, 0.717) is 10.8 Å². The Morgan fingerprint density at radius 3 is 2.69 bits per heavy atom. The number of halogens is 1. The minimum Gasteiger partial charge on any atom is -0.484 e. The van der Waals surface area contributed by atoms with E-state index in [-0.39, 0.29) is 17.6 Å². The molecule has 29 heavy (non-hydrogen) atoms. The Bertz CT molecular complexity index is 882. The summed E-state index contributed by atoms with van der Waals surface area (Å²) in [4.78, 5) is 14.6. The summed E-state index contributed by atoms with van der Waals surface area (Å²) in [6.45, 7) is 6.09. The van der Waals surface area contributed by atoms with Gasteiger partial charge in [0.1, 0.15) is 5.75 Å². The Morgan fingerprint density at radius 2 is 1.97 bits per heavy atom. The van der Waals surface area contributed by atoms with E-state index >= 15 is 0 Å². The van der Waals surface area contributed by atoms with Crippen LogP contribution in [0.2, 0.25) is 5.02 Å². The predicted molar refractivity (Wildman–Crippen MR) is 123 cm³/mol. The highest BCUT2D eigenvalue weighted by Crippen LogP contribution is 2.29. The second kappa shape index (κ2) is 9.94. The molecule has 1 amide bonds. The van der Waals surface area contributed by atoms with Gasteiger partial charge in [-0.15, -0.1) is 0 Å². The number of rotatable bonds is 5. The Morgan fingerprint density at radius 1 is 1.24 bits per heavy atom. The summed E-state index contributed by atoms with van der Waals surface area (Å²) in [6, 6.07) is 13.3. The summed E-state index contributed by atoms with van der Waals surface area (Å²) in [5.74, 6) is 1.03. The van der Waals surface area contributed by atoms with E-state index in [1.807, 2.05) is 25.1 Å². The van der Waals surface area contributed by atoms with Gasteiger partial charge in [0.25, 0.3) is 5.91 Å². The lowest BCUT2D eigenvalue weighted by molar-refractivity contribution is -0.121. The van der Waals surface area contributed by atoms with Gasteiger partial charge in [-0.3, -0.25) is 10.1 Å². The maximum Gasteiger partial charge on any atom is 0.264 e. The number of carbonyl (C=O) groups is 1. The fourth-order valence-corrected chi connectivity index (χ4v) is 3.62. The van der Waals surface area contributed by atoms with E-state index in [1.165, 1.54) is 12.8 Å². The molecule has 1 heterocycles. The molecular formula is C22H26ClN3O2S. The van der Waals surface area contributed by atoms with Gasteiger partial charge in [0, 0.05) is 18.1 Å². The number of anilines is 2. The van der Waals surface area contributed by atoms with Gasteiger partial charge in [0.2, 0.25) is 0 Å². The first-order valence-electron chi connectivity index (χ1n) is 9.76. The van der Waals surface area contributed by atoms with Crippen molar-refractivity contribution in [2.45, 2.75) is 26.7 Å². The van der Waals surface area contributed by atoms with Crippen LogP contribution in [0, 0.1) is 12.8 Å². The smallest absolute Gasteiger partial charge is 0.264 e. The molecule has 1 aliphatic rings. The molecule has 0 aliphatic carbocycles. The van der Waals surface area contributed by atoms with E-state index < -0.39 is 0 Å². The van der Waals surface area contributed by atoms with E-state index in [9.17, 15) is 4.79 Å². The molecule has 1 aliphatic heterocycles. The third-order valence-corrected chi connectivity index (χ3v) is 5.66. The molecule has 0 aromatic heterocycles. The molecule has 0 atom stereocenters. The van der Waals surface area contributed by atoms with E-state index in [1.54, 1.807) is 18.2 Å². The number of nitrogens with one attached hydrogen (secondary N) is 2. The minimum absolute atomic E-state index is 0.130. The van der Waals surface area contributed by atoms with Crippen LogP contribution < -0.4 is 20.3 Å². The number of hydrogen-bond donors (Lipinski definition) is 2. The highest BCUT2D eigenvalue weighted by molar-refractivity contribution is 7.80. The van der Waals surface area contributed by atoms with Crippen LogP contribution in [-0.4, -0.2) is 30.7 Å². The van der Waals surface area contributed by atoms with Crippen LogP contribution in [0.25, 0.3) is 0 Å². The number of para-hydroxylation sites is 2. The van der Waals surface area contributed by atoms with Crippen molar-refractivity contribution in [3.63, 3.8) is 0 Å². The summed E-state index contributed by atoms with van der Waals surface area (Å²) >= 11 is 11.3. The van der Waals surface area contributed by atoms with Crippen molar-refractivity contribution in [2.75, 3.05) is 29.9 Å². The fraction of sp³-hybridized carbons (Fsp3) is 0.364. The van der Waals surface area contributed by atoms with Gasteiger partial charge in [-0.1, -0.05) is 30.7 Å².